The Balaban J connectivity index is 3.93. The van der Waals surface area contributed by atoms with Crippen molar-refractivity contribution in [3.8, 4) is 0 Å². The van der Waals surface area contributed by atoms with E-state index in [1.807, 2.05) is 0 Å². The molecule has 0 bridgehead atoms. The standard InChI is InChI=1S/C15H34N2O/c1-4-7-11-17(12-8-5-2)13-9-10-15(16,6-3)14-18/h18H,4-14,16H2,1-3H3. The molecule has 0 aromatic rings. The van der Waals surface area contributed by atoms with Gasteiger partial charge in [-0.05, 0) is 51.7 Å². The van der Waals surface area contributed by atoms with Crippen LogP contribution >= 0.6 is 0 Å². The molecule has 0 aliphatic carbocycles. The SMILES string of the molecule is CCCCN(CCCC)CCCC(N)(CC)CO. The highest BCUT2D eigenvalue weighted by Gasteiger charge is 2.21. The van der Waals surface area contributed by atoms with Crippen molar-refractivity contribution in [1.82, 2.24) is 4.90 Å². The molecule has 1 unspecified atom stereocenters. The molecule has 3 heteroatoms. The molecular formula is C15H34N2O. The van der Waals surface area contributed by atoms with E-state index in [2.05, 4.69) is 25.7 Å². The van der Waals surface area contributed by atoms with Crippen molar-refractivity contribution in [3.63, 3.8) is 0 Å². The van der Waals surface area contributed by atoms with E-state index in [0.717, 1.165) is 25.8 Å². The maximum absolute atomic E-state index is 9.29. The second-order valence-corrected chi connectivity index (χ2v) is 5.53. The predicted octanol–water partition coefficient (Wildman–Crippen LogP) is 2.77. The lowest BCUT2D eigenvalue weighted by molar-refractivity contribution is 0.171. The van der Waals surface area contributed by atoms with Gasteiger partial charge in [0, 0.05) is 5.54 Å². The molecule has 0 aliphatic rings. The number of aliphatic hydroxyl groups excluding tert-OH is 1. The maximum Gasteiger partial charge on any atom is 0.0611 e. The zero-order valence-corrected chi connectivity index (χ0v) is 12.7. The molecule has 3 N–H and O–H groups in total. The second-order valence-electron chi connectivity index (χ2n) is 5.53. The molecule has 1 atom stereocenters. The van der Waals surface area contributed by atoms with Crippen LogP contribution in [0.15, 0.2) is 0 Å². The molecule has 0 amide bonds. The number of aliphatic hydroxyl groups is 1. The number of hydrogen-bond donors (Lipinski definition) is 2. The summed E-state index contributed by atoms with van der Waals surface area (Å²) in [6.45, 7) is 10.2. The Morgan fingerprint density at radius 3 is 1.83 bits per heavy atom. The van der Waals surface area contributed by atoms with Crippen molar-refractivity contribution in [3.05, 3.63) is 0 Å². The van der Waals surface area contributed by atoms with Gasteiger partial charge in [0.1, 0.15) is 0 Å². The van der Waals surface area contributed by atoms with Crippen molar-refractivity contribution in [2.75, 3.05) is 26.2 Å². The highest BCUT2D eigenvalue weighted by Crippen LogP contribution is 2.14. The number of nitrogens with zero attached hydrogens (tertiary/aromatic N) is 1. The van der Waals surface area contributed by atoms with Gasteiger partial charge in [-0.25, -0.2) is 0 Å². The Kier molecular flexibility index (Phi) is 10.7. The normalized spacial score (nSPS) is 15.0. The van der Waals surface area contributed by atoms with Crippen LogP contribution in [0.2, 0.25) is 0 Å². The van der Waals surface area contributed by atoms with Gasteiger partial charge in [0.25, 0.3) is 0 Å². The number of unbranched alkanes of at least 4 members (excludes halogenated alkanes) is 2. The average Bonchev–Trinajstić information content (AvgIpc) is 2.40. The first-order chi connectivity index (χ1) is 8.61. The third-order valence-corrected chi connectivity index (χ3v) is 3.82. The van der Waals surface area contributed by atoms with E-state index in [1.54, 1.807) is 0 Å². The first-order valence-corrected chi connectivity index (χ1v) is 7.74. The van der Waals surface area contributed by atoms with Gasteiger partial charge >= 0.3 is 0 Å². The smallest absolute Gasteiger partial charge is 0.0611 e. The van der Waals surface area contributed by atoms with Gasteiger partial charge in [-0.2, -0.15) is 0 Å². The minimum absolute atomic E-state index is 0.105. The monoisotopic (exact) mass is 258 g/mol. The van der Waals surface area contributed by atoms with Crippen LogP contribution in [0.4, 0.5) is 0 Å². The first kappa shape index (κ1) is 17.9. The Morgan fingerprint density at radius 1 is 0.944 bits per heavy atom. The fourth-order valence-corrected chi connectivity index (χ4v) is 2.12. The molecular weight excluding hydrogens is 224 g/mol. The van der Waals surface area contributed by atoms with Crippen molar-refractivity contribution < 1.29 is 5.11 Å². The van der Waals surface area contributed by atoms with Crippen LogP contribution in [0, 0.1) is 0 Å². The maximum atomic E-state index is 9.29. The lowest BCUT2D eigenvalue weighted by Gasteiger charge is -2.28. The number of rotatable bonds is 12. The predicted molar refractivity (Wildman–Crippen MR) is 79.8 cm³/mol. The minimum atomic E-state index is -0.360. The summed E-state index contributed by atoms with van der Waals surface area (Å²) in [6, 6.07) is 0. The summed E-state index contributed by atoms with van der Waals surface area (Å²) < 4.78 is 0. The zero-order valence-electron chi connectivity index (χ0n) is 12.7. The molecule has 0 saturated carbocycles. The summed E-state index contributed by atoms with van der Waals surface area (Å²) in [4.78, 5) is 2.56. The van der Waals surface area contributed by atoms with Gasteiger partial charge in [-0.3, -0.25) is 0 Å². The highest BCUT2D eigenvalue weighted by molar-refractivity contribution is 4.81. The molecule has 0 saturated heterocycles. The average molecular weight is 258 g/mol. The number of hydrogen-bond acceptors (Lipinski definition) is 3. The molecule has 0 aliphatic heterocycles. The Bertz CT molecular complexity index is 173. The summed E-state index contributed by atoms with van der Waals surface area (Å²) in [6.07, 6.45) is 7.96. The van der Waals surface area contributed by atoms with Crippen molar-refractivity contribution >= 4 is 0 Å². The summed E-state index contributed by atoms with van der Waals surface area (Å²) >= 11 is 0. The molecule has 0 spiro atoms. The molecule has 3 nitrogen and oxygen atoms in total. The summed E-state index contributed by atoms with van der Waals surface area (Å²) in [5.41, 5.74) is 5.75. The molecule has 0 heterocycles. The number of nitrogens with two attached hydrogens (primary N) is 1. The van der Waals surface area contributed by atoms with E-state index >= 15 is 0 Å². The lowest BCUT2D eigenvalue weighted by atomic mass is 9.92. The van der Waals surface area contributed by atoms with Crippen LogP contribution < -0.4 is 5.73 Å². The molecule has 110 valence electrons. The van der Waals surface area contributed by atoms with Gasteiger partial charge in [-0.1, -0.05) is 33.6 Å². The van der Waals surface area contributed by atoms with Crippen molar-refractivity contribution in [1.29, 1.82) is 0 Å². The third-order valence-electron chi connectivity index (χ3n) is 3.82. The Labute approximate surface area is 114 Å². The highest BCUT2D eigenvalue weighted by atomic mass is 16.3. The third kappa shape index (κ3) is 8.06. The zero-order chi connectivity index (χ0) is 13.9. The van der Waals surface area contributed by atoms with Gasteiger partial charge in [0.05, 0.1) is 6.61 Å². The second kappa shape index (κ2) is 10.8. The van der Waals surface area contributed by atoms with Crippen LogP contribution in [0.1, 0.15) is 65.7 Å². The topological polar surface area (TPSA) is 49.5 Å². The van der Waals surface area contributed by atoms with Gasteiger partial charge < -0.3 is 15.7 Å². The molecule has 0 fully saturated rings. The van der Waals surface area contributed by atoms with Crippen molar-refractivity contribution in [2.24, 2.45) is 5.73 Å². The van der Waals surface area contributed by atoms with Crippen molar-refractivity contribution in [2.45, 2.75) is 71.3 Å². The van der Waals surface area contributed by atoms with E-state index in [1.165, 1.54) is 38.8 Å². The van der Waals surface area contributed by atoms with Gasteiger partial charge in [0.2, 0.25) is 0 Å². The van der Waals surface area contributed by atoms with Gasteiger partial charge in [0.15, 0.2) is 0 Å². The van der Waals surface area contributed by atoms with E-state index < -0.39 is 0 Å². The lowest BCUT2D eigenvalue weighted by Crippen LogP contribution is -2.43. The minimum Gasteiger partial charge on any atom is -0.394 e. The largest absolute Gasteiger partial charge is 0.394 e. The summed E-state index contributed by atoms with van der Waals surface area (Å²) in [7, 11) is 0. The van der Waals surface area contributed by atoms with E-state index in [4.69, 9.17) is 5.73 Å². The van der Waals surface area contributed by atoms with Gasteiger partial charge in [-0.15, -0.1) is 0 Å². The molecule has 0 aromatic carbocycles. The van der Waals surface area contributed by atoms with Crippen LogP contribution in [0.5, 0.6) is 0 Å². The molecule has 0 radical (unpaired) electrons. The van der Waals surface area contributed by atoms with Crippen LogP contribution in [0.3, 0.4) is 0 Å². The van der Waals surface area contributed by atoms with E-state index in [9.17, 15) is 5.11 Å². The molecule has 18 heavy (non-hydrogen) atoms. The van der Waals surface area contributed by atoms with E-state index in [0.29, 0.717) is 0 Å². The van der Waals surface area contributed by atoms with Crippen LogP contribution in [-0.2, 0) is 0 Å². The van der Waals surface area contributed by atoms with Crippen LogP contribution in [-0.4, -0.2) is 41.8 Å². The Hall–Kier alpha value is -0.120. The first-order valence-electron chi connectivity index (χ1n) is 7.74. The quantitative estimate of drug-likeness (QED) is 0.566. The fraction of sp³-hybridized carbons (Fsp3) is 1.00. The fourth-order valence-electron chi connectivity index (χ4n) is 2.12. The molecule has 0 rings (SSSR count). The Morgan fingerprint density at radius 2 is 1.44 bits per heavy atom. The summed E-state index contributed by atoms with van der Waals surface area (Å²) in [5, 5.41) is 9.29. The van der Waals surface area contributed by atoms with E-state index in [-0.39, 0.29) is 12.1 Å². The summed E-state index contributed by atoms with van der Waals surface area (Å²) in [5.74, 6) is 0. The van der Waals surface area contributed by atoms with Crippen LogP contribution in [0.25, 0.3) is 0 Å². The molecule has 0 aromatic heterocycles.